The summed E-state index contributed by atoms with van der Waals surface area (Å²) < 4.78 is 0. The summed E-state index contributed by atoms with van der Waals surface area (Å²) in [5.74, 6) is 0. The first-order valence-corrected chi connectivity index (χ1v) is 7.39. The Bertz CT molecular complexity index is 699. The molecular weight excluding hydrogens is 266 g/mol. The van der Waals surface area contributed by atoms with Crippen LogP contribution in [0.3, 0.4) is 0 Å². The van der Waals surface area contributed by atoms with Crippen molar-refractivity contribution in [1.29, 1.82) is 0 Å². The van der Waals surface area contributed by atoms with Gasteiger partial charge in [0.2, 0.25) is 0 Å². The number of benzene rings is 1. The fourth-order valence-corrected chi connectivity index (χ4v) is 3.18. The lowest BCUT2D eigenvalue weighted by Crippen LogP contribution is -2.37. The summed E-state index contributed by atoms with van der Waals surface area (Å²) in [5, 5.41) is 12.1. The molecule has 110 valence electrons. The van der Waals surface area contributed by atoms with Gasteiger partial charge in [0, 0.05) is 35.4 Å². The van der Waals surface area contributed by atoms with Crippen LogP contribution in [0, 0.1) is 17.0 Å². The zero-order valence-corrected chi connectivity index (χ0v) is 12.4. The minimum absolute atomic E-state index is 0.0853. The molecule has 0 bridgehead atoms. The molecule has 3 rings (SSSR count). The highest BCUT2D eigenvalue weighted by molar-refractivity contribution is 5.97. The number of para-hydroxylation sites is 1. The molecule has 1 aliphatic heterocycles. The molecule has 0 aliphatic carbocycles. The van der Waals surface area contributed by atoms with Crippen LogP contribution in [0.2, 0.25) is 0 Å². The monoisotopic (exact) mass is 285 g/mol. The molecule has 0 amide bonds. The molecule has 5 nitrogen and oxygen atoms in total. The van der Waals surface area contributed by atoms with Gasteiger partial charge in [0.25, 0.3) is 5.69 Å². The highest BCUT2D eigenvalue weighted by Gasteiger charge is 2.23. The largest absolute Gasteiger partial charge is 0.368 e. The van der Waals surface area contributed by atoms with Crippen LogP contribution in [0.4, 0.5) is 11.4 Å². The summed E-state index contributed by atoms with van der Waals surface area (Å²) in [7, 11) is 0. The Labute approximate surface area is 123 Å². The van der Waals surface area contributed by atoms with Gasteiger partial charge in [0.1, 0.15) is 0 Å². The van der Waals surface area contributed by atoms with Gasteiger partial charge < -0.3 is 4.90 Å². The van der Waals surface area contributed by atoms with Gasteiger partial charge in [0.05, 0.1) is 4.92 Å². The molecule has 2 aromatic rings. The number of nitro groups is 1. The van der Waals surface area contributed by atoms with Crippen molar-refractivity contribution in [1.82, 2.24) is 4.98 Å². The predicted molar refractivity (Wildman–Crippen MR) is 83.8 cm³/mol. The summed E-state index contributed by atoms with van der Waals surface area (Å²) in [6.07, 6.45) is 3.58. The van der Waals surface area contributed by atoms with E-state index >= 15 is 0 Å². The van der Waals surface area contributed by atoms with E-state index in [9.17, 15) is 10.1 Å². The van der Waals surface area contributed by atoms with E-state index in [1.54, 1.807) is 6.07 Å². The van der Waals surface area contributed by atoms with Crippen LogP contribution in [-0.4, -0.2) is 22.5 Å². The van der Waals surface area contributed by atoms with Crippen LogP contribution < -0.4 is 4.90 Å². The summed E-state index contributed by atoms with van der Waals surface area (Å²) >= 11 is 0. The molecule has 0 radical (unpaired) electrons. The maximum absolute atomic E-state index is 11.2. The zero-order chi connectivity index (χ0) is 15.0. The Balaban J connectivity index is 2.23. The van der Waals surface area contributed by atoms with E-state index in [1.807, 2.05) is 19.1 Å². The predicted octanol–water partition coefficient (Wildman–Crippen LogP) is 3.83. The fourth-order valence-electron chi connectivity index (χ4n) is 3.18. The number of pyridine rings is 1. The van der Waals surface area contributed by atoms with Crippen LogP contribution in [0.5, 0.6) is 0 Å². The number of nitrogens with zero attached hydrogens (tertiary/aromatic N) is 3. The molecule has 1 aromatic heterocycles. The fraction of sp³-hybridized carbons (Fsp3) is 0.438. The average Bonchev–Trinajstić information content (AvgIpc) is 2.46. The third kappa shape index (κ3) is 2.44. The molecular formula is C16H19N3O2. The van der Waals surface area contributed by atoms with Crippen molar-refractivity contribution in [3.05, 3.63) is 40.1 Å². The SMILES string of the molecule is Cc1cc(N2CCCCC2C)c2cccc([N+](=O)[O-])c2n1. The van der Waals surface area contributed by atoms with Crippen molar-refractivity contribution in [3.8, 4) is 0 Å². The van der Waals surface area contributed by atoms with Gasteiger partial charge >= 0.3 is 0 Å². The normalized spacial score (nSPS) is 19.0. The Morgan fingerprint density at radius 2 is 2.19 bits per heavy atom. The van der Waals surface area contributed by atoms with Gasteiger partial charge in [-0.05, 0) is 39.2 Å². The number of piperidine rings is 1. The second kappa shape index (κ2) is 5.31. The number of rotatable bonds is 2. The van der Waals surface area contributed by atoms with Crippen LogP contribution in [0.25, 0.3) is 10.9 Å². The Kier molecular flexibility index (Phi) is 3.49. The third-order valence-electron chi connectivity index (χ3n) is 4.23. The number of non-ortho nitro benzene ring substituents is 1. The highest BCUT2D eigenvalue weighted by Crippen LogP contribution is 2.34. The average molecular weight is 285 g/mol. The minimum Gasteiger partial charge on any atom is -0.368 e. The van der Waals surface area contributed by atoms with Crippen LogP contribution in [0.15, 0.2) is 24.3 Å². The number of fused-ring (bicyclic) bond motifs is 1. The lowest BCUT2D eigenvalue weighted by molar-refractivity contribution is -0.383. The lowest BCUT2D eigenvalue weighted by Gasteiger charge is -2.36. The summed E-state index contributed by atoms with van der Waals surface area (Å²) in [5.41, 5.74) is 2.48. The quantitative estimate of drug-likeness (QED) is 0.621. The molecule has 1 aliphatic rings. The Morgan fingerprint density at radius 1 is 1.38 bits per heavy atom. The van der Waals surface area contributed by atoms with E-state index in [1.165, 1.54) is 18.9 Å². The van der Waals surface area contributed by atoms with Gasteiger partial charge in [-0.3, -0.25) is 10.1 Å². The first kappa shape index (κ1) is 13.8. The second-order valence-electron chi connectivity index (χ2n) is 5.75. The number of aryl methyl sites for hydroxylation is 1. The van der Waals surface area contributed by atoms with Crippen molar-refractivity contribution in [2.75, 3.05) is 11.4 Å². The molecule has 1 aromatic carbocycles. The van der Waals surface area contributed by atoms with Crippen LogP contribution in [0.1, 0.15) is 31.9 Å². The second-order valence-corrected chi connectivity index (χ2v) is 5.75. The number of nitro benzene ring substituents is 1. The van der Waals surface area contributed by atoms with E-state index in [4.69, 9.17) is 0 Å². The molecule has 5 heteroatoms. The van der Waals surface area contributed by atoms with E-state index < -0.39 is 0 Å². The molecule has 21 heavy (non-hydrogen) atoms. The number of hydrogen-bond donors (Lipinski definition) is 0. The first-order chi connectivity index (χ1) is 10.1. The summed E-state index contributed by atoms with van der Waals surface area (Å²) in [6.45, 7) is 5.12. The molecule has 0 saturated carbocycles. The van der Waals surface area contributed by atoms with Crippen LogP contribution >= 0.6 is 0 Å². The standard InChI is InChI=1S/C16H19N3O2/c1-11-10-15(18-9-4-3-6-12(18)2)13-7-5-8-14(19(20)21)16(13)17-11/h5,7-8,10,12H,3-4,6,9H2,1-2H3. The van der Waals surface area contributed by atoms with Crippen molar-refractivity contribution in [2.45, 2.75) is 39.2 Å². The molecule has 1 fully saturated rings. The maximum atomic E-state index is 11.2. The Hall–Kier alpha value is -2.17. The van der Waals surface area contributed by atoms with Crippen molar-refractivity contribution in [3.63, 3.8) is 0 Å². The Morgan fingerprint density at radius 3 is 2.90 bits per heavy atom. The van der Waals surface area contributed by atoms with E-state index in [0.29, 0.717) is 11.6 Å². The summed E-state index contributed by atoms with van der Waals surface area (Å²) in [4.78, 5) is 17.7. The minimum atomic E-state index is -0.349. The van der Waals surface area contributed by atoms with Gasteiger partial charge in [-0.25, -0.2) is 4.98 Å². The number of anilines is 1. The van der Waals surface area contributed by atoms with E-state index in [2.05, 4.69) is 16.8 Å². The molecule has 1 atom stereocenters. The van der Waals surface area contributed by atoms with Gasteiger partial charge in [-0.15, -0.1) is 0 Å². The van der Waals surface area contributed by atoms with Gasteiger partial charge in [-0.1, -0.05) is 12.1 Å². The number of aromatic nitrogens is 1. The first-order valence-electron chi connectivity index (χ1n) is 7.39. The van der Waals surface area contributed by atoms with Crippen molar-refractivity contribution >= 4 is 22.3 Å². The van der Waals surface area contributed by atoms with Crippen molar-refractivity contribution in [2.24, 2.45) is 0 Å². The summed E-state index contributed by atoms with van der Waals surface area (Å²) in [6, 6.07) is 7.72. The molecule has 2 heterocycles. The molecule has 1 unspecified atom stereocenters. The maximum Gasteiger partial charge on any atom is 0.295 e. The van der Waals surface area contributed by atoms with E-state index in [0.717, 1.165) is 29.7 Å². The smallest absolute Gasteiger partial charge is 0.295 e. The third-order valence-corrected chi connectivity index (χ3v) is 4.23. The van der Waals surface area contributed by atoms with Gasteiger partial charge in [-0.2, -0.15) is 0 Å². The zero-order valence-electron chi connectivity index (χ0n) is 12.4. The lowest BCUT2D eigenvalue weighted by atomic mass is 10.0. The van der Waals surface area contributed by atoms with Crippen LogP contribution in [-0.2, 0) is 0 Å². The molecule has 0 N–H and O–H groups in total. The molecule has 1 saturated heterocycles. The van der Waals surface area contributed by atoms with E-state index in [-0.39, 0.29) is 10.6 Å². The topological polar surface area (TPSA) is 59.3 Å². The number of hydrogen-bond acceptors (Lipinski definition) is 4. The molecule has 0 spiro atoms. The highest BCUT2D eigenvalue weighted by atomic mass is 16.6. The van der Waals surface area contributed by atoms with Gasteiger partial charge in [0.15, 0.2) is 5.52 Å². The van der Waals surface area contributed by atoms with Crippen molar-refractivity contribution < 1.29 is 4.92 Å².